The maximum Gasteiger partial charge on any atom is 0.226 e. The Balaban J connectivity index is 1.87. The highest BCUT2D eigenvalue weighted by atomic mass is 32.1. The second-order valence-electron chi connectivity index (χ2n) is 4.44. The van der Waals surface area contributed by atoms with Crippen molar-refractivity contribution >= 4 is 28.6 Å². The number of amides is 1. The third-order valence-corrected chi connectivity index (χ3v) is 4.00. The van der Waals surface area contributed by atoms with E-state index in [1.54, 1.807) is 23.3 Å². The summed E-state index contributed by atoms with van der Waals surface area (Å²) in [5, 5.41) is 2.06. The van der Waals surface area contributed by atoms with Crippen LogP contribution in [0.25, 0.3) is 0 Å². The number of hydrogen-bond acceptors (Lipinski definition) is 3. The molecular weight excluding hydrogens is 256 g/mol. The van der Waals surface area contributed by atoms with E-state index in [2.05, 4.69) is 11.4 Å². The highest BCUT2D eigenvalue weighted by Crippen LogP contribution is 2.22. The Morgan fingerprint density at radius 2 is 2.05 bits per heavy atom. The molecule has 0 spiro atoms. The van der Waals surface area contributed by atoms with Crippen LogP contribution in [0.1, 0.15) is 17.7 Å². The first-order valence-corrected chi connectivity index (χ1v) is 7.20. The lowest BCUT2D eigenvalue weighted by Gasteiger charge is -2.19. The molecule has 4 heteroatoms. The van der Waals surface area contributed by atoms with E-state index in [0.717, 1.165) is 18.5 Å². The van der Waals surface area contributed by atoms with Crippen molar-refractivity contribution in [1.29, 1.82) is 0 Å². The van der Waals surface area contributed by atoms with Crippen LogP contribution in [0.2, 0.25) is 0 Å². The number of carbonyl (C=O) groups excluding carboxylic acids is 1. The number of nitrogens with two attached hydrogens (primary N) is 1. The Hall–Kier alpha value is -1.81. The second kappa shape index (κ2) is 6.38. The number of thiophene rings is 1. The Kier molecular flexibility index (Phi) is 4.58. The van der Waals surface area contributed by atoms with Crippen molar-refractivity contribution in [3.05, 3.63) is 46.7 Å². The lowest BCUT2D eigenvalue weighted by atomic mass is 10.2. The van der Waals surface area contributed by atoms with Gasteiger partial charge in [0.1, 0.15) is 0 Å². The second-order valence-corrected chi connectivity index (χ2v) is 5.48. The van der Waals surface area contributed by atoms with Crippen molar-refractivity contribution in [3.8, 4) is 0 Å². The van der Waals surface area contributed by atoms with Crippen LogP contribution in [0.3, 0.4) is 0 Å². The molecule has 1 aromatic heterocycles. The summed E-state index contributed by atoms with van der Waals surface area (Å²) in [4.78, 5) is 15.1. The Labute approximate surface area is 117 Å². The van der Waals surface area contributed by atoms with E-state index in [1.165, 1.54) is 4.88 Å². The first-order chi connectivity index (χ1) is 9.18. The van der Waals surface area contributed by atoms with Gasteiger partial charge >= 0.3 is 0 Å². The molecule has 0 bridgehead atoms. The van der Waals surface area contributed by atoms with Crippen LogP contribution in [0, 0.1) is 0 Å². The maximum atomic E-state index is 12.1. The molecule has 3 nitrogen and oxygen atoms in total. The fraction of sp³-hybridized carbons (Fsp3) is 0.267. The van der Waals surface area contributed by atoms with Gasteiger partial charge in [0.05, 0.1) is 11.4 Å². The molecule has 1 aromatic carbocycles. The molecule has 0 aliphatic heterocycles. The Morgan fingerprint density at radius 3 is 2.74 bits per heavy atom. The van der Waals surface area contributed by atoms with E-state index in [4.69, 9.17) is 5.73 Å². The highest BCUT2D eigenvalue weighted by Gasteiger charge is 2.12. The van der Waals surface area contributed by atoms with Crippen molar-refractivity contribution in [1.82, 2.24) is 0 Å². The number of para-hydroxylation sites is 2. The van der Waals surface area contributed by atoms with Gasteiger partial charge in [-0.2, -0.15) is 0 Å². The third kappa shape index (κ3) is 3.58. The molecule has 0 unspecified atom stereocenters. The minimum Gasteiger partial charge on any atom is -0.397 e. The summed E-state index contributed by atoms with van der Waals surface area (Å²) in [6.07, 6.45) is 2.38. The first-order valence-electron chi connectivity index (χ1n) is 6.32. The van der Waals surface area contributed by atoms with Crippen molar-refractivity contribution in [2.45, 2.75) is 19.3 Å². The predicted octanol–water partition coefficient (Wildman–Crippen LogP) is 3.32. The molecule has 0 saturated carbocycles. The van der Waals surface area contributed by atoms with Gasteiger partial charge in [0.25, 0.3) is 0 Å². The normalized spacial score (nSPS) is 10.4. The van der Waals surface area contributed by atoms with Gasteiger partial charge in [0.2, 0.25) is 5.91 Å². The fourth-order valence-corrected chi connectivity index (χ4v) is 2.71. The van der Waals surface area contributed by atoms with Crippen molar-refractivity contribution in [2.75, 3.05) is 17.7 Å². The van der Waals surface area contributed by atoms with Crippen molar-refractivity contribution in [3.63, 3.8) is 0 Å². The largest absolute Gasteiger partial charge is 0.397 e. The van der Waals surface area contributed by atoms with Crippen molar-refractivity contribution in [2.24, 2.45) is 0 Å². The average Bonchev–Trinajstić information content (AvgIpc) is 2.91. The van der Waals surface area contributed by atoms with E-state index in [9.17, 15) is 4.79 Å². The van der Waals surface area contributed by atoms with Crippen molar-refractivity contribution < 1.29 is 4.79 Å². The zero-order chi connectivity index (χ0) is 13.7. The molecule has 0 fully saturated rings. The standard InChI is InChI=1S/C15H18N2OS/c1-17(14-9-3-2-8-13(14)16)15(18)10-4-6-12-7-5-11-19-12/h2-3,5,7-9,11H,4,6,10,16H2,1H3. The third-order valence-electron chi connectivity index (χ3n) is 3.07. The molecule has 1 amide bonds. The van der Waals surface area contributed by atoms with Crippen LogP contribution in [0.4, 0.5) is 11.4 Å². The molecule has 2 rings (SSSR count). The number of anilines is 2. The molecule has 0 atom stereocenters. The van der Waals surface area contributed by atoms with Crippen LogP contribution in [0.5, 0.6) is 0 Å². The van der Waals surface area contributed by atoms with E-state index in [1.807, 2.05) is 30.3 Å². The summed E-state index contributed by atoms with van der Waals surface area (Å²) in [6.45, 7) is 0. The minimum absolute atomic E-state index is 0.106. The van der Waals surface area contributed by atoms with Gasteiger partial charge in [-0.05, 0) is 36.4 Å². The van der Waals surface area contributed by atoms with Gasteiger partial charge in [-0.3, -0.25) is 4.79 Å². The van der Waals surface area contributed by atoms with Crippen LogP contribution >= 0.6 is 11.3 Å². The van der Waals surface area contributed by atoms with Gasteiger partial charge in [-0.1, -0.05) is 18.2 Å². The summed E-state index contributed by atoms with van der Waals surface area (Å²) < 4.78 is 0. The first kappa shape index (κ1) is 13.6. The molecule has 2 aromatic rings. The van der Waals surface area contributed by atoms with Crippen LogP contribution in [-0.4, -0.2) is 13.0 Å². The summed E-state index contributed by atoms with van der Waals surface area (Å²) in [7, 11) is 1.78. The number of nitrogen functional groups attached to an aromatic ring is 1. The lowest BCUT2D eigenvalue weighted by Crippen LogP contribution is -2.26. The van der Waals surface area contributed by atoms with E-state index < -0.39 is 0 Å². The topological polar surface area (TPSA) is 46.3 Å². The summed E-state index contributed by atoms with van der Waals surface area (Å²) >= 11 is 1.74. The predicted molar refractivity (Wildman–Crippen MR) is 81.5 cm³/mol. The van der Waals surface area contributed by atoms with Gasteiger partial charge in [0, 0.05) is 18.3 Å². The molecular formula is C15H18N2OS. The highest BCUT2D eigenvalue weighted by molar-refractivity contribution is 7.09. The molecule has 2 N–H and O–H groups in total. The van der Waals surface area contributed by atoms with E-state index in [-0.39, 0.29) is 5.91 Å². The number of aryl methyl sites for hydroxylation is 1. The molecule has 100 valence electrons. The Morgan fingerprint density at radius 1 is 1.26 bits per heavy atom. The molecule has 0 saturated heterocycles. The van der Waals surface area contributed by atoms with Gasteiger partial charge in [0.15, 0.2) is 0 Å². The molecule has 0 radical (unpaired) electrons. The number of benzene rings is 1. The number of carbonyl (C=O) groups is 1. The van der Waals surface area contributed by atoms with Crippen LogP contribution in [0.15, 0.2) is 41.8 Å². The van der Waals surface area contributed by atoms with E-state index >= 15 is 0 Å². The molecule has 1 heterocycles. The SMILES string of the molecule is CN(C(=O)CCCc1cccs1)c1ccccc1N. The number of hydrogen-bond donors (Lipinski definition) is 1. The zero-order valence-corrected chi connectivity index (χ0v) is 11.8. The lowest BCUT2D eigenvalue weighted by molar-refractivity contribution is -0.118. The number of nitrogens with zero attached hydrogens (tertiary/aromatic N) is 1. The minimum atomic E-state index is 0.106. The zero-order valence-electron chi connectivity index (χ0n) is 11.0. The molecule has 0 aliphatic carbocycles. The van der Waals surface area contributed by atoms with E-state index in [0.29, 0.717) is 12.1 Å². The summed E-state index contributed by atoms with van der Waals surface area (Å²) in [5.74, 6) is 0.106. The number of rotatable bonds is 5. The monoisotopic (exact) mass is 274 g/mol. The quantitative estimate of drug-likeness (QED) is 0.850. The summed E-state index contributed by atoms with van der Waals surface area (Å²) in [5.41, 5.74) is 7.29. The molecule has 0 aliphatic rings. The van der Waals surface area contributed by atoms with Gasteiger partial charge in [-0.25, -0.2) is 0 Å². The Bertz CT molecular complexity index is 537. The van der Waals surface area contributed by atoms with Gasteiger partial charge < -0.3 is 10.6 Å². The summed E-state index contributed by atoms with van der Waals surface area (Å²) in [6, 6.07) is 11.6. The average molecular weight is 274 g/mol. The van der Waals surface area contributed by atoms with Gasteiger partial charge in [-0.15, -0.1) is 11.3 Å². The smallest absolute Gasteiger partial charge is 0.226 e. The van der Waals surface area contributed by atoms with Crippen LogP contribution < -0.4 is 10.6 Å². The fourth-order valence-electron chi connectivity index (χ4n) is 1.96. The maximum absolute atomic E-state index is 12.1. The molecule has 19 heavy (non-hydrogen) atoms. The van der Waals surface area contributed by atoms with Crippen LogP contribution in [-0.2, 0) is 11.2 Å².